The zero-order chi connectivity index (χ0) is 20.1. The maximum Gasteiger partial charge on any atom is 0.434 e. The Hall–Kier alpha value is -3.05. The summed E-state index contributed by atoms with van der Waals surface area (Å²) < 4.78 is 80.2. The number of ether oxygens (including phenoxy) is 1. The van der Waals surface area contributed by atoms with Crippen LogP contribution in [0.4, 0.5) is 43.9 Å². The smallest absolute Gasteiger partial charge is 0.434 e. The van der Waals surface area contributed by atoms with E-state index in [0.29, 0.717) is 5.69 Å². The lowest BCUT2D eigenvalue weighted by Gasteiger charge is -2.23. The molecule has 27 heavy (non-hydrogen) atoms. The Morgan fingerprint density at radius 2 is 1.56 bits per heavy atom. The summed E-state index contributed by atoms with van der Waals surface area (Å²) in [6.45, 7) is 3.53. The average molecular weight is 393 g/mol. The second kappa shape index (κ2) is 8.10. The minimum absolute atomic E-state index is 0.107. The number of para-hydroxylation sites is 1. The van der Waals surface area contributed by atoms with Crippen molar-refractivity contribution >= 4 is 17.6 Å². The molecule has 0 radical (unpaired) electrons. The van der Waals surface area contributed by atoms with Gasteiger partial charge < -0.3 is 15.4 Å². The van der Waals surface area contributed by atoms with Crippen LogP contribution in [0, 0.1) is 0 Å². The highest BCUT2D eigenvalue weighted by molar-refractivity contribution is 5.54. The number of halogens is 6. The summed E-state index contributed by atoms with van der Waals surface area (Å²) >= 11 is 0. The minimum atomic E-state index is -5.70. The first-order valence-corrected chi connectivity index (χ1v) is 7.32. The lowest BCUT2D eigenvalue weighted by atomic mass is 10.3. The van der Waals surface area contributed by atoms with Crippen molar-refractivity contribution in [2.75, 3.05) is 17.2 Å². The second-order valence-electron chi connectivity index (χ2n) is 5.01. The lowest BCUT2D eigenvalue weighted by molar-refractivity contribution is -0.301. The maximum atomic E-state index is 12.7. The highest BCUT2D eigenvalue weighted by Gasteiger charge is 2.59. The highest BCUT2D eigenvalue weighted by atomic mass is 19.4. The molecule has 0 saturated carbocycles. The van der Waals surface area contributed by atoms with E-state index < -0.39 is 24.5 Å². The van der Waals surface area contributed by atoms with Crippen LogP contribution in [0.2, 0.25) is 0 Å². The van der Waals surface area contributed by atoms with Gasteiger partial charge in [-0.1, -0.05) is 24.3 Å². The van der Waals surface area contributed by atoms with Crippen LogP contribution in [0.5, 0.6) is 6.01 Å². The van der Waals surface area contributed by atoms with Gasteiger partial charge in [-0.2, -0.15) is 41.3 Å². The predicted molar refractivity (Wildman–Crippen MR) is 84.8 cm³/mol. The van der Waals surface area contributed by atoms with Crippen molar-refractivity contribution in [1.29, 1.82) is 0 Å². The van der Waals surface area contributed by atoms with Crippen LogP contribution < -0.4 is 15.4 Å². The number of anilines is 3. The van der Waals surface area contributed by atoms with Gasteiger partial charge in [0.1, 0.15) is 0 Å². The Morgan fingerprint density at radius 3 is 2.11 bits per heavy atom. The zero-order valence-corrected chi connectivity index (χ0v) is 13.5. The van der Waals surface area contributed by atoms with Gasteiger partial charge in [0, 0.05) is 12.2 Å². The molecule has 0 bridgehead atoms. The molecule has 1 heterocycles. The van der Waals surface area contributed by atoms with E-state index in [0.717, 1.165) is 0 Å². The molecule has 2 N–H and O–H groups in total. The Bertz CT molecular complexity index is 752. The fourth-order valence-corrected chi connectivity index (χ4v) is 1.78. The summed E-state index contributed by atoms with van der Waals surface area (Å²) in [5.74, 6) is -0.595. The molecule has 146 valence electrons. The van der Waals surface area contributed by atoms with Crippen molar-refractivity contribution in [1.82, 2.24) is 15.0 Å². The number of aromatic nitrogens is 3. The fraction of sp³-hybridized carbons (Fsp3) is 0.267. The van der Waals surface area contributed by atoms with Crippen molar-refractivity contribution in [2.24, 2.45) is 0 Å². The molecule has 1 aromatic heterocycles. The Morgan fingerprint density at radius 1 is 0.963 bits per heavy atom. The van der Waals surface area contributed by atoms with Crippen LogP contribution in [0.1, 0.15) is 0 Å². The first-order valence-electron chi connectivity index (χ1n) is 7.32. The standard InChI is InChI=1S/C15H13F6N5O/c1-2-8-22-11-24-12(23-9-6-4-3-5-7-9)26-13(25-11)27-10(14(16,17)18)15(19,20)21/h2-7,10H,1,8H2,(H2,22,23,24,25,26). The number of nitrogens with one attached hydrogen (secondary N) is 2. The Balaban J connectivity index is 2.35. The van der Waals surface area contributed by atoms with E-state index >= 15 is 0 Å². The van der Waals surface area contributed by atoms with Crippen LogP contribution in [-0.4, -0.2) is 40.0 Å². The summed E-state index contributed by atoms with van der Waals surface area (Å²) in [6.07, 6.45) is -14.1. The third-order valence-electron chi connectivity index (χ3n) is 2.87. The second-order valence-corrected chi connectivity index (χ2v) is 5.01. The average Bonchev–Trinajstić information content (AvgIpc) is 2.57. The molecule has 6 nitrogen and oxygen atoms in total. The third kappa shape index (κ3) is 6.01. The SMILES string of the molecule is C=CCNc1nc(Nc2ccccc2)nc(OC(C(F)(F)F)C(F)(F)F)n1. The Labute approximate surface area is 149 Å². The van der Waals surface area contributed by atoms with Crippen molar-refractivity contribution < 1.29 is 31.1 Å². The molecule has 2 rings (SSSR count). The molecule has 1 aromatic carbocycles. The number of rotatable bonds is 7. The van der Waals surface area contributed by atoms with Gasteiger partial charge in [0.25, 0.3) is 6.10 Å². The Kier molecular flexibility index (Phi) is 6.08. The molecule has 0 spiro atoms. The van der Waals surface area contributed by atoms with Crippen molar-refractivity contribution in [3.8, 4) is 6.01 Å². The topological polar surface area (TPSA) is 72.0 Å². The number of alkyl halides is 6. The molecular weight excluding hydrogens is 380 g/mol. The van der Waals surface area contributed by atoms with E-state index in [9.17, 15) is 26.3 Å². The van der Waals surface area contributed by atoms with Gasteiger partial charge in [-0.05, 0) is 12.1 Å². The maximum absolute atomic E-state index is 12.7. The lowest BCUT2D eigenvalue weighted by Crippen LogP contribution is -2.47. The molecule has 0 atom stereocenters. The quantitative estimate of drug-likeness (QED) is 0.546. The summed E-state index contributed by atoms with van der Waals surface area (Å²) in [7, 11) is 0. The largest absolute Gasteiger partial charge is 0.440 e. The summed E-state index contributed by atoms with van der Waals surface area (Å²) in [4.78, 5) is 10.8. The highest BCUT2D eigenvalue weighted by Crippen LogP contribution is 2.36. The van der Waals surface area contributed by atoms with Crippen LogP contribution >= 0.6 is 0 Å². The third-order valence-corrected chi connectivity index (χ3v) is 2.87. The van der Waals surface area contributed by atoms with Gasteiger partial charge in [-0.3, -0.25) is 0 Å². The van der Waals surface area contributed by atoms with Gasteiger partial charge in [0.15, 0.2) is 0 Å². The molecule has 2 aromatic rings. The zero-order valence-electron chi connectivity index (χ0n) is 13.5. The molecule has 0 aliphatic heterocycles. The summed E-state index contributed by atoms with van der Waals surface area (Å²) in [5.41, 5.74) is 0.451. The molecular formula is C15H13F6N5O. The van der Waals surface area contributed by atoms with Gasteiger partial charge in [0.05, 0.1) is 0 Å². The number of nitrogens with zero attached hydrogens (tertiary/aromatic N) is 3. The molecule has 0 aliphatic rings. The normalized spacial score (nSPS) is 12.0. The van der Waals surface area contributed by atoms with Gasteiger partial charge in [-0.25, -0.2) is 0 Å². The van der Waals surface area contributed by atoms with Crippen molar-refractivity contribution in [3.63, 3.8) is 0 Å². The molecule has 12 heteroatoms. The van der Waals surface area contributed by atoms with Crippen LogP contribution in [0.3, 0.4) is 0 Å². The molecule has 0 saturated heterocycles. The van der Waals surface area contributed by atoms with Crippen molar-refractivity contribution in [2.45, 2.75) is 18.5 Å². The first-order chi connectivity index (χ1) is 12.6. The number of benzene rings is 1. The van der Waals surface area contributed by atoms with Gasteiger partial charge in [-0.15, -0.1) is 6.58 Å². The summed E-state index contributed by atoms with van der Waals surface area (Å²) in [5, 5.41) is 5.19. The predicted octanol–water partition coefficient (Wildman–Crippen LogP) is 4.09. The van der Waals surface area contributed by atoms with E-state index in [4.69, 9.17) is 0 Å². The van der Waals surface area contributed by atoms with Crippen molar-refractivity contribution in [3.05, 3.63) is 43.0 Å². The fourth-order valence-electron chi connectivity index (χ4n) is 1.78. The molecule has 0 unspecified atom stereocenters. The van der Waals surface area contributed by atoms with Crippen LogP contribution in [0.25, 0.3) is 0 Å². The van der Waals surface area contributed by atoms with Crippen LogP contribution in [0.15, 0.2) is 43.0 Å². The molecule has 0 amide bonds. The van der Waals surface area contributed by atoms with E-state index in [-0.39, 0.29) is 18.4 Å². The van der Waals surface area contributed by atoms with Gasteiger partial charge >= 0.3 is 18.4 Å². The van der Waals surface area contributed by atoms with E-state index in [2.05, 4.69) is 36.9 Å². The van der Waals surface area contributed by atoms with E-state index in [1.165, 1.54) is 6.08 Å². The first kappa shape index (κ1) is 20.3. The summed E-state index contributed by atoms with van der Waals surface area (Å²) in [6, 6.07) is 7.06. The van der Waals surface area contributed by atoms with E-state index in [1.807, 2.05) is 0 Å². The van der Waals surface area contributed by atoms with E-state index in [1.54, 1.807) is 30.3 Å². The monoisotopic (exact) mass is 393 g/mol. The molecule has 0 fully saturated rings. The number of hydrogen-bond donors (Lipinski definition) is 2. The van der Waals surface area contributed by atoms with Crippen LogP contribution in [-0.2, 0) is 0 Å². The molecule has 0 aliphatic carbocycles. The van der Waals surface area contributed by atoms with Gasteiger partial charge in [0.2, 0.25) is 11.9 Å². The number of hydrogen-bond acceptors (Lipinski definition) is 6. The minimum Gasteiger partial charge on any atom is -0.440 e.